The summed E-state index contributed by atoms with van der Waals surface area (Å²) in [5, 5.41) is 13.1. The second-order valence-corrected chi connectivity index (χ2v) is 6.58. The normalized spacial score (nSPS) is 28.5. The Balaban J connectivity index is 1.56. The molecule has 0 unspecified atom stereocenters. The Morgan fingerprint density at radius 3 is 2.83 bits per heavy atom. The van der Waals surface area contributed by atoms with Crippen molar-refractivity contribution in [2.45, 2.75) is 38.0 Å². The van der Waals surface area contributed by atoms with Gasteiger partial charge in [0.15, 0.2) is 0 Å². The summed E-state index contributed by atoms with van der Waals surface area (Å²) in [6.07, 6.45) is 2.58. The maximum atomic E-state index is 9.56. The summed E-state index contributed by atoms with van der Waals surface area (Å²) in [5.41, 5.74) is 1.31. The van der Waals surface area contributed by atoms with Crippen molar-refractivity contribution in [3.8, 4) is 5.75 Å². The van der Waals surface area contributed by atoms with Crippen LogP contribution in [0.4, 0.5) is 0 Å². The summed E-state index contributed by atoms with van der Waals surface area (Å²) in [5.74, 6) is 0.326. The van der Waals surface area contributed by atoms with Crippen LogP contribution in [0.5, 0.6) is 5.75 Å². The van der Waals surface area contributed by atoms with Crippen molar-refractivity contribution in [3.63, 3.8) is 0 Å². The van der Waals surface area contributed by atoms with Gasteiger partial charge in [0.25, 0.3) is 0 Å². The highest BCUT2D eigenvalue weighted by molar-refractivity contribution is 5.27. The van der Waals surface area contributed by atoms with Crippen LogP contribution in [0.2, 0.25) is 0 Å². The first kappa shape index (κ1) is 16.7. The van der Waals surface area contributed by atoms with Crippen LogP contribution in [0.3, 0.4) is 0 Å². The van der Waals surface area contributed by atoms with Gasteiger partial charge in [-0.05, 0) is 37.5 Å². The summed E-state index contributed by atoms with van der Waals surface area (Å²) < 4.78 is 11.3. The molecule has 0 radical (unpaired) electrons. The van der Waals surface area contributed by atoms with Crippen molar-refractivity contribution in [2.75, 3.05) is 39.5 Å². The van der Waals surface area contributed by atoms with Gasteiger partial charge in [0.1, 0.15) is 5.75 Å². The van der Waals surface area contributed by atoms with Crippen LogP contribution < -0.4 is 5.32 Å². The van der Waals surface area contributed by atoms with E-state index >= 15 is 0 Å². The van der Waals surface area contributed by atoms with Crippen LogP contribution in [0.15, 0.2) is 24.3 Å². The molecule has 2 aliphatic rings. The van der Waals surface area contributed by atoms with E-state index < -0.39 is 0 Å². The maximum Gasteiger partial charge on any atom is 0.115 e. The lowest BCUT2D eigenvalue weighted by molar-refractivity contribution is -0.125. The van der Waals surface area contributed by atoms with Gasteiger partial charge in [-0.15, -0.1) is 0 Å². The third-order valence-electron chi connectivity index (χ3n) is 4.99. The van der Waals surface area contributed by atoms with E-state index in [2.05, 4.69) is 17.1 Å². The van der Waals surface area contributed by atoms with Gasteiger partial charge in [-0.3, -0.25) is 4.90 Å². The van der Waals surface area contributed by atoms with E-state index in [0.29, 0.717) is 11.9 Å². The molecule has 0 aromatic heterocycles. The molecule has 0 bridgehead atoms. The Labute approximate surface area is 138 Å². The second-order valence-electron chi connectivity index (χ2n) is 6.58. The van der Waals surface area contributed by atoms with Gasteiger partial charge in [-0.2, -0.15) is 0 Å². The molecule has 2 N–H and O–H groups in total. The quantitative estimate of drug-likeness (QED) is 0.802. The van der Waals surface area contributed by atoms with E-state index in [0.717, 1.165) is 64.4 Å². The first-order valence-electron chi connectivity index (χ1n) is 8.65. The van der Waals surface area contributed by atoms with Crippen molar-refractivity contribution in [3.05, 3.63) is 29.8 Å². The fourth-order valence-electron chi connectivity index (χ4n) is 3.80. The minimum absolute atomic E-state index is 0.195. The zero-order valence-corrected chi connectivity index (χ0v) is 14.0. The van der Waals surface area contributed by atoms with Gasteiger partial charge >= 0.3 is 0 Å². The summed E-state index contributed by atoms with van der Waals surface area (Å²) in [7, 11) is 0. The summed E-state index contributed by atoms with van der Waals surface area (Å²) in [4.78, 5) is 2.57. The third kappa shape index (κ3) is 4.04. The van der Waals surface area contributed by atoms with Gasteiger partial charge in [0.2, 0.25) is 0 Å². The fraction of sp³-hybridized carbons (Fsp3) is 0.667. The van der Waals surface area contributed by atoms with Crippen LogP contribution in [0.1, 0.15) is 25.3 Å². The van der Waals surface area contributed by atoms with Gasteiger partial charge in [0.05, 0.1) is 19.3 Å². The Bertz CT molecular complexity index is 497. The van der Waals surface area contributed by atoms with Gasteiger partial charge in [-0.1, -0.05) is 12.1 Å². The number of aromatic hydroxyl groups is 1. The molecule has 2 fully saturated rings. The SMILES string of the molecule is CCOC1CC(CNCc2cccc(O)c2)(N2CCOCC2)C1. The number of phenols is 1. The Morgan fingerprint density at radius 1 is 1.35 bits per heavy atom. The van der Waals surface area contributed by atoms with Crippen molar-refractivity contribution in [1.82, 2.24) is 10.2 Å². The molecule has 0 atom stereocenters. The highest BCUT2D eigenvalue weighted by Gasteiger charge is 2.48. The van der Waals surface area contributed by atoms with Crippen LogP contribution in [0, 0.1) is 0 Å². The van der Waals surface area contributed by atoms with Crippen LogP contribution in [0.25, 0.3) is 0 Å². The van der Waals surface area contributed by atoms with Crippen LogP contribution in [-0.4, -0.2) is 61.1 Å². The molecule has 1 aromatic rings. The molecule has 5 heteroatoms. The second kappa shape index (κ2) is 7.62. The standard InChI is InChI=1S/C18H28N2O3/c1-2-23-17-11-18(12-17,20-6-8-22-9-7-20)14-19-13-15-4-3-5-16(21)10-15/h3-5,10,17,19,21H,2,6-9,11-14H2,1H3. The molecule has 128 valence electrons. The average Bonchev–Trinajstić information content (AvgIpc) is 2.53. The molecule has 1 saturated carbocycles. The lowest BCUT2D eigenvalue weighted by Crippen LogP contribution is -2.66. The molecule has 1 heterocycles. The van der Waals surface area contributed by atoms with Crippen molar-refractivity contribution < 1.29 is 14.6 Å². The lowest BCUT2D eigenvalue weighted by Gasteiger charge is -2.55. The Kier molecular flexibility index (Phi) is 5.54. The van der Waals surface area contributed by atoms with E-state index in [1.54, 1.807) is 6.07 Å². The monoisotopic (exact) mass is 320 g/mol. The van der Waals surface area contributed by atoms with Gasteiger partial charge in [0, 0.05) is 38.3 Å². The van der Waals surface area contributed by atoms with Gasteiger partial charge in [-0.25, -0.2) is 0 Å². The fourth-order valence-corrected chi connectivity index (χ4v) is 3.80. The van der Waals surface area contributed by atoms with Crippen LogP contribution >= 0.6 is 0 Å². The molecule has 1 aliphatic heterocycles. The number of benzene rings is 1. The lowest BCUT2D eigenvalue weighted by atomic mass is 9.72. The summed E-state index contributed by atoms with van der Waals surface area (Å²) >= 11 is 0. The number of rotatable bonds is 7. The molecular weight excluding hydrogens is 292 g/mol. The summed E-state index contributed by atoms with van der Waals surface area (Å²) in [6.45, 7) is 8.25. The molecule has 1 aliphatic carbocycles. The molecule has 23 heavy (non-hydrogen) atoms. The molecule has 3 rings (SSSR count). The zero-order chi connectivity index (χ0) is 16.1. The molecule has 1 aromatic carbocycles. The number of hydrogen-bond donors (Lipinski definition) is 2. The number of morpholine rings is 1. The molecule has 0 spiro atoms. The molecular formula is C18H28N2O3. The van der Waals surface area contributed by atoms with E-state index in [-0.39, 0.29) is 5.54 Å². The number of nitrogens with zero attached hydrogens (tertiary/aromatic N) is 1. The third-order valence-corrected chi connectivity index (χ3v) is 4.99. The molecule has 1 saturated heterocycles. The molecule has 5 nitrogen and oxygen atoms in total. The molecule has 0 amide bonds. The number of nitrogens with one attached hydrogen (secondary N) is 1. The minimum Gasteiger partial charge on any atom is -0.508 e. The predicted molar refractivity (Wildman–Crippen MR) is 89.6 cm³/mol. The van der Waals surface area contributed by atoms with E-state index in [9.17, 15) is 5.11 Å². The summed E-state index contributed by atoms with van der Waals surface area (Å²) in [6, 6.07) is 7.45. The Hall–Kier alpha value is -1.14. The highest BCUT2D eigenvalue weighted by Crippen LogP contribution is 2.40. The van der Waals surface area contributed by atoms with Crippen molar-refractivity contribution in [2.24, 2.45) is 0 Å². The minimum atomic E-state index is 0.195. The zero-order valence-electron chi connectivity index (χ0n) is 14.0. The van der Waals surface area contributed by atoms with E-state index in [4.69, 9.17) is 9.47 Å². The van der Waals surface area contributed by atoms with E-state index in [1.807, 2.05) is 18.2 Å². The van der Waals surface area contributed by atoms with Crippen molar-refractivity contribution in [1.29, 1.82) is 0 Å². The van der Waals surface area contributed by atoms with Crippen LogP contribution in [-0.2, 0) is 16.0 Å². The van der Waals surface area contributed by atoms with E-state index in [1.165, 1.54) is 0 Å². The van der Waals surface area contributed by atoms with Crippen molar-refractivity contribution >= 4 is 0 Å². The topological polar surface area (TPSA) is 54.0 Å². The largest absolute Gasteiger partial charge is 0.508 e. The number of ether oxygens (including phenoxy) is 2. The average molecular weight is 320 g/mol. The van der Waals surface area contributed by atoms with Gasteiger partial charge < -0.3 is 19.9 Å². The maximum absolute atomic E-state index is 9.56. The number of hydrogen-bond acceptors (Lipinski definition) is 5. The predicted octanol–water partition coefficient (Wildman–Crippen LogP) is 1.75. The highest BCUT2D eigenvalue weighted by atomic mass is 16.5. The Morgan fingerprint density at radius 2 is 2.13 bits per heavy atom. The smallest absolute Gasteiger partial charge is 0.115 e. The first-order chi connectivity index (χ1) is 11.2. The first-order valence-corrected chi connectivity index (χ1v) is 8.65. The number of phenolic OH excluding ortho intramolecular Hbond substituents is 1.